The molecule has 1 aliphatic carbocycles. The minimum atomic E-state index is 0.0212. The first-order chi connectivity index (χ1) is 14.8. The molecule has 1 saturated heterocycles. The lowest BCUT2D eigenvalue weighted by Gasteiger charge is -2.40. The minimum absolute atomic E-state index is 0.0212. The van der Waals surface area contributed by atoms with Crippen LogP contribution < -0.4 is 10.2 Å². The third-order valence-corrected chi connectivity index (χ3v) is 6.86. The summed E-state index contributed by atoms with van der Waals surface area (Å²) in [5, 5.41) is 3.99. The van der Waals surface area contributed by atoms with Gasteiger partial charge in [-0.1, -0.05) is 56.5 Å². The van der Waals surface area contributed by atoms with E-state index in [-0.39, 0.29) is 23.6 Å². The lowest BCUT2D eigenvalue weighted by Crippen LogP contribution is -2.54. The Kier molecular flexibility index (Phi) is 8.84. The summed E-state index contributed by atoms with van der Waals surface area (Å²) in [4.78, 5) is 37.8. The second kappa shape index (κ2) is 11.4. The van der Waals surface area contributed by atoms with Crippen LogP contribution in [0.1, 0.15) is 59.3 Å². The largest absolute Gasteiger partial charge is 0.353 e. The summed E-state index contributed by atoms with van der Waals surface area (Å²) in [5.74, 6) is 1.62. The average Bonchev–Trinajstić information content (AvgIpc) is 2.72. The number of anilines is 1. The zero-order valence-electron chi connectivity index (χ0n) is 18.8. The molecule has 2 heterocycles. The van der Waals surface area contributed by atoms with E-state index in [0.29, 0.717) is 48.3 Å². The molecule has 3 rings (SSSR count). The molecule has 7 nitrogen and oxygen atoms in total. The van der Waals surface area contributed by atoms with Crippen molar-refractivity contribution >= 4 is 41.0 Å². The first kappa shape index (κ1) is 24.1. The van der Waals surface area contributed by atoms with Crippen LogP contribution in [0.5, 0.6) is 0 Å². The van der Waals surface area contributed by atoms with Crippen molar-refractivity contribution in [2.75, 3.05) is 30.3 Å². The van der Waals surface area contributed by atoms with Crippen molar-refractivity contribution in [2.24, 2.45) is 5.92 Å². The summed E-state index contributed by atoms with van der Waals surface area (Å²) in [5.41, 5.74) is 0. The summed E-state index contributed by atoms with van der Waals surface area (Å²) >= 11 is 7.57. The number of carbonyl (C=O) groups excluding carboxylic acids is 2. The molecule has 1 aromatic heterocycles. The Morgan fingerprint density at radius 2 is 1.97 bits per heavy atom. The average molecular weight is 468 g/mol. The Morgan fingerprint density at radius 1 is 1.23 bits per heavy atom. The van der Waals surface area contributed by atoms with E-state index in [2.05, 4.69) is 41.0 Å². The quantitative estimate of drug-likeness (QED) is 0.373. The fraction of sp³-hybridized carbons (Fsp3) is 0.727. The van der Waals surface area contributed by atoms with Gasteiger partial charge in [0, 0.05) is 44.2 Å². The topological polar surface area (TPSA) is 78.4 Å². The zero-order chi connectivity index (χ0) is 22.4. The van der Waals surface area contributed by atoms with Crippen LogP contribution in [-0.4, -0.2) is 64.2 Å². The molecule has 2 aliphatic rings. The van der Waals surface area contributed by atoms with Crippen LogP contribution in [-0.2, 0) is 9.59 Å². The number of piperazine rings is 1. The molecule has 0 radical (unpaired) electrons. The maximum absolute atomic E-state index is 12.5. The van der Waals surface area contributed by atoms with Gasteiger partial charge in [0.1, 0.15) is 11.0 Å². The molecule has 0 bridgehead atoms. The summed E-state index contributed by atoms with van der Waals surface area (Å²) in [6, 6.07) is 2.16. The van der Waals surface area contributed by atoms with Gasteiger partial charge in [-0.25, -0.2) is 9.97 Å². The number of nitrogens with one attached hydrogen (secondary N) is 1. The van der Waals surface area contributed by atoms with Gasteiger partial charge < -0.3 is 15.1 Å². The molecule has 0 aromatic carbocycles. The number of hydrogen-bond donors (Lipinski definition) is 1. The molecule has 172 valence electrons. The van der Waals surface area contributed by atoms with Crippen LogP contribution in [0.2, 0.25) is 5.15 Å². The maximum Gasteiger partial charge on any atom is 0.230 e. The van der Waals surface area contributed by atoms with Crippen LogP contribution in [0, 0.1) is 5.92 Å². The molecular formula is C22H34ClN5O2S. The maximum atomic E-state index is 12.5. The summed E-state index contributed by atoms with van der Waals surface area (Å²) in [6.07, 6.45) is 6.35. The second-order valence-corrected chi connectivity index (χ2v) is 10.3. The Labute approximate surface area is 194 Å². The molecule has 1 atom stereocenters. The molecule has 2 amide bonds. The normalized spacial score (nSPS) is 20.2. The molecule has 1 aliphatic heterocycles. The number of aromatic nitrogens is 2. The van der Waals surface area contributed by atoms with Gasteiger partial charge in [-0.15, -0.1) is 0 Å². The van der Waals surface area contributed by atoms with E-state index in [1.54, 1.807) is 6.07 Å². The zero-order valence-corrected chi connectivity index (χ0v) is 20.3. The standard InChI is InChI=1S/C22H34ClN5O2S/c1-15(2)11-21(30)28-10-9-27(13-16(28)3)19-12-18(23)25-22(26-19)31-14-20(29)24-17-7-5-4-6-8-17/h12,15-17H,4-11,13-14H2,1-3H3,(H,24,29). The molecule has 9 heteroatoms. The predicted molar refractivity (Wildman–Crippen MR) is 126 cm³/mol. The van der Waals surface area contributed by atoms with Crippen LogP contribution >= 0.6 is 23.4 Å². The number of rotatable bonds is 7. The van der Waals surface area contributed by atoms with E-state index in [1.165, 1.54) is 31.0 Å². The first-order valence-corrected chi connectivity index (χ1v) is 12.7. The van der Waals surface area contributed by atoms with Crippen LogP contribution in [0.15, 0.2) is 11.2 Å². The van der Waals surface area contributed by atoms with E-state index in [4.69, 9.17) is 11.6 Å². The van der Waals surface area contributed by atoms with Crippen molar-refractivity contribution in [1.82, 2.24) is 20.2 Å². The smallest absolute Gasteiger partial charge is 0.230 e. The highest BCUT2D eigenvalue weighted by atomic mass is 35.5. The van der Waals surface area contributed by atoms with E-state index in [9.17, 15) is 9.59 Å². The molecule has 1 N–H and O–H groups in total. The van der Waals surface area contributed by atoms with Crippen molar-refractivity contribution in [3.05, 3.63) is 11.2 Å². The summed E-state index contributed by atoms with van der Waals surface area (Å²) < 4.78 is 0. The number of thioether (sulfide) groups is 1. The lowest BCUT2D eigenvalue weighted by atomic mass is 9.95. The van der Waals surface area contributed by atoms with Crippen molar-refractivity contribution < 1.29 is 9.59 Å². The van der Waals surface area contributed by atoms with E-state index in [0.717, 1.165) is 18.7 Å². The summed E-state index contributed by atoms with van der Waals surface area (Å²) in [7, 11) is 0. The Bertz CT molecular complexity index is 772. The van der Waals surface area contributed by atoms with Gasteiger partial charge in [0.2, 0.25) is 11.8 Å². The predicted octanol–water partition coefficient (Wildman–Crippen LogP) is 3.75. The van der Waals surface area contributed by atoms with E-state index < -0.39 is 0 Å². The first-order valence-electron chi connectivity index (χ1n) is 11.3. The van der Waals surface area contributed by atoms with Gasteiger partial charge in [0.05, 0.1) is 5.75 Å². The fourth-order valence-electron chi connectivity index (χ4n) is 4.26. The molecule has 1 saturated carbocycles. The van der Waals surface area contributed by atoms with Gasteiger partial charge in [-0.3, -0.25) is 9.59 Å². The number of halogens is 1. The highest BCUT2D eigenvalue weighted by Gasteiger charge is 2.28. The van der Waals surface area contributed by atoms with E-state index in [1.807, 2.05) is 4.90 Å². The van der Waals surface area contributed by atoms with Gasteiger partial charge in [-0.2, -0.15) is 0 Å². The van der Waals surface area contributed by atoms with Crippen LogP contribution in [0.25, 0.3) is 0 Å². The third-order valence-electron chi connectivity index (χ3n) is 5.82. The minimum Gasteiger partial charge on any atom is -0.353 e. The van der Waals surface area contributed by atoms with Gasteiger partial charge in [0.15, 0.2) is 5.16 Å². The second-order valence-electron chi connectivity index (χ2n) is 9.00. The lowest BCUT2D eigenvalue weighted by molar-refractivity contribution is -0.134. The molecular weight excluding hydrogens is 434 g/mol. The Balaban J connectivity index is 1.55. The third kappa shape index (κ3) is 7.24. The molecule has 1 unspecified atom stereocenters. The van der Waals surface area contributed by atoms with Crippen molar-refractivity contribution in [3.63, 3.8) is 0 Å². The van der Waals surface area contributed by atoms with E-state index >= 15 is 0 Å². The fourth-order valence-corrected chi connectivity index (χ4v) is 5.15. The highest BCUT2D eigenvalue weighted by Crippen LogP contribution is 2.25. The van der Waals surface area contributed by atoms with Crippen molar-refractivity contribution in [2.45, 2.75) is 76.5 Å². The molecule has 2 fully saturated rings. The molecule has 1 aromatic rings. The number of amides is 2. The summed E-state index contributed by atoms with van der Waals surface area (Å²) in [6.45, 7) is 8.27. The van der Waals surface area contributed by atoms with Crippen LogP contribution in [0.4, 0.5) is 5.82 Å². The molecule has 31 heavy (non-hydrogen) atoms. The van der Waals surface area contributed by atoms with Gasteiger partial charge >= 0.3 is 0 Å². The van der Waals surface area contributed by atoms with Crippen LogP contribution in [0.3, 0.4) is 0 Å². The SMILES string of the molecule is CC(C)CC(=O)N1CCN(c2cc(Cl)nc(SCC(=O)NC3CCCCC3)n2)CC1C. The van der Waals surface area contributed by atoms with Crippen molar-refractivity contribution in [1.29, 1.82) is 0 Å². The molecule has 0 spiro atoms. The van der Waals surface area contributed by atoms with Gasteiger partial charge in [-0.05, 0) is 25.7 Å². The highest BCUT2D eigenvalue weighted by molar-refractivity contribution is 7.99. The number of carbonyl (C=O) groups is 2. The Hall–Kier alpha value is -1.54. The van der Waals surface area contributed by atoms with Crippen molar-refractivity contribution in [3.8, 4) is 0 Å². The number of nitrogens with zero attached hydrogens (tertiary/aromatic N) is 4. The van der Waals surface area contributed by atoms with Gasteiger partial charge in [0.25, 0.3) is 0 Å². The monoisotopic (exact) mass is 467 g/mol. The number of hydrogen-bond acceptors (Lipinski definition) is 6. The Morgan fingerprint density at radius 3 is 2.65 bits per heavy atom.